The van der Waals surface area contributed by atoms with Gasteiger partial charge in [-0.15, -0.1) is 0 Å². The summed E-state index contributed by atoms with van der Waals surface area (Å²) in [5.41, 5.74) is 5.88. The predicted molar refractivity (Wildman–Crippen MR) is 104 cm³/mol. The molecule has 0 aliphatic rings. The second-order valence-corrected chi connectivity index (χ2v) is 8.15. The highest BCUT2D eigenvalue weighted by Crippen LogP contribution is 2.24. The first kappa shape index (κ1) is 18.3. The van der Waals surface area contributed by atoms with Crippen LogP contribution in [-0.4, -0.2) is 13.4 Å². The van der Waals surface area contributed by atoms with Gasteiger partial charge >= 0.3 is 0 Å². The van der Waals surface area contributed by atoms with Gasteiger partial charge in [0.05, 0.1) is 4.90 Å². The molecule has 0 atom stereocenters. The zero-order chi connectivity index (χ0) is 18.7. The van der Waals surface area contributed by atoms with E-state index < -0.39 is 10.0 Å². The Morgan fingerprint density at radius 3 is 2.50 bits per heavy atom. The Labute approximate surface area is 155 Å². The number of hydrogen-bond acceptors (Lipinski definition) is 3. The fourth-order valence-electron chi connectivity index (χ4n) is 2.92. The molecule has 4 nitrogen and oxygen atoms in total. The monoisotopic (exact) mass is 366 g/mol. The summed E-state index contributed by atoms with van der Waals surface area (Å²) in [6.45, 7) is 6.00. The number of nitrogens with zero attached hydrogens (tertiary/aromatic N) is 1. The molecule has 0 aliphatic carbocycles. The van der Waals surface area contributed by atoms with Crippen molar-refractivity contribution in [1.29, 1.82) is 0 Å². The van der Waals surface area contributed by atoms with Gasteiger partial charge in [-0.1, -0.05) is 30.3 Å². The first-order chi connectivity index (χ1) is 12.4. The number of nitrogens with one attached hydrogen (secondary N) is 1. The molecule has 5 heteroatoms. The first-order valence-electron chi connectivity index (χ1n) is 8.44. The minimum atomic E-state index is -3.56. The molecule has 3 aromatic rings. The van der Waals surface area contributed by atoms with Crippen LogP contribution in [0.3, 0.4) is 0 Å². The van der Waals surface area contributed by atoms with Gasteiger partial charge in [0.2, 0.25) is 10.0 Å². The Balaban J connectivity index is 1.83. The van der Waals surface area contributed by atoms with Gasteiger partial charge < -0.3 is 0 Å². The maximum atomic E-state index is 12.7. The molecule has 1 aromatic heterocycles. The zero-order valence-corrected chi connectivity index (χ0v) is 16.0. The average molecular weight is 366 g/mol. The topological polar surface area (TPSA) is 59.1 Å². The molecular weight excluding hydrogens is 344 g/mol. The lowest BCUT2D eigenvalue weighted by Gasteiger charge is -2.12. The van der Waals surface area contributed by atoms with E-state index in [1.54, 1.807) is 18.3 Å². The third-order valence-electron chi connectivity index (χ3n) is 4.57. The average Bonchev–Trinajstić information content (AvgIpc) is 2.63. The number of benzene rings is 2. The van der Waals surface area contributed by atoms with Crippen LogP contribution in [0.15, 0.2) is 65.8 Å². The fraction of sp³-hybridized carbons (Fsp3) is 0.190. The molecule has 0 amide bonds. The van der Waals surface area contributed by atoms with E-state index in [0.29, 0.717) is 4.90 Å². The zero-order valence-electron chi connectivity index (χ0n) is 15.2. The van der Waals surface area contributed by atoms with Crippen molar-refractivity contribution in [3.63, 3.8) is 0 Å². The third-order valence-corrected chi connectivity index (χ3v) is 6.11. The van der Waals surface area contributed by atoms with Gasteiger partial charge in [0, 0.05) is 18.9 Å². The van der Waals surface area contributed by atoms with Gasteiger partial charge in [-0.3, -0.25) is 4.98 Å². The Hall–Kier alpha value is -2.50. The van der Waals surface area contributed by atoms with Crippen LogP contribution in [0, 0.1) is 20.8 Å². The van der Waals surface area contributed by atoms with Crippen LogP contribution in [0.4, 0.5) is 0 Å². The van der Waals surface area contributed by atoms with E-state index in [1.807, 2.05) is 63.4 Å². The molecule has 0 aliphatic heterocycles. The summed E-state index contributed by atoms with van der Waals surface area (Å²) in [5.74, 6) is 0. The highest BCUT2D eigenvalue weighted by atomic mass is 32.2. The van der Waals surface area contributed by atoms with Crippen LogP contribution in [-0.2, 0) is 16.6 Å². The normalized spacial score (nSPS) is 11.5. The van der Waals surface area contributed by atoms with Crippen LogP contribution in [0.1, 0.15) is 22.3 Å². The number of aromatic nitrogens is 1. The molecule has 0 saturated carbocycles. The smallest absolute Gasteiger partial charge is 0.241 e. The standard InChI is InChI=1S/C21H22N2O2S/c1-15-6-4-9-21(17(15)3)26(24,25)23-14-18-7-5-8-19(12-18)20-10-11-22-13-16(20)2/h4-13,23H,14H2,1-3H3. The van der Waals surface area contributed by atoms with E-state index in [-0.39, 0.29) is 6.54 Å². The number of pyridine rings is 1. The van der Waals surface area contributed by atoms with Crippen molar-refractivity contribution in [2.45, 2.75) is 32.2 Å². The van der Waals surface area contributed by atoms with Crippen molar-refractivity contribution < 1.29 is 8.42 Å². The molecule has 0 unspecified atom stereocenters. The molecule has 26 heavy (non-hydrogen) atoms. The van der Waals surface area contributed by atoms with Crippen LogP contribution in [0.2, 0.25) is 0 Å². The van der Waals surface area contributed by atoms with Crippen LogP contribution < -0.4 is 4.72 Å². The maximum absolute atomic E-state index is 12.7. The molecular formula is C21H22N2O2S. The second kappa shape index (κ2) is 7.40. The molecule has 0 fully saturated rings. The molecule has 0 bridgehead atoms. The van der Waals surface area contributed by atoms with Gasteiger partial charge in [0.1, 0.15) is 0 Å². The molecule has 1 N–H and O–H groups in total. The van der Waals surface area contributed by atoms with Gasteiger partial charge in [0.15, 0.2) is 0 Å². The second-order valence-electron chi connectivity index (χ2n) is 6.41. The van der Waals surface area contributed by atoms with E-state index in [1.165, 1.54) is 0 Å². The molecule has 1 heterocycles. The minimum Gasteiger partial charge on any atom is -0.264 e. The van der Waals surface area contributed by atoms with Crippen molar-refractivity contribution >= 4 is 10.0 Å². The summed E-state index contributed by atoms with van der Waals surface area (Å²) in [7, 11) is -3.56. The number of rotatable bonds is 5. The van der Waals surface area contributed by atoms with Crippen LogP contribution in [0.25, 0.3) is 11.1 Å². The van der Waals surface area contributed by atoms with Crippen molar-refractivity contribution in [2.24, 2.45) is 0 Å². The summed E-state index contributed by atoms with van der Waals surface area (Å²) >= 11 is 0. The lowest BCUT2D eigenvalue weighted by atomic mass is 10.0. The number of sulfonamides is 1. The predicted octanol–water partition coefficient (Wildman–Crippen LogP) is 4.15. The molecule has 3 rings (SSSR count). The summed E-state index contributed by atoms with van der Waals surface area (Å²) in [4.78, 5) is 4.45. The van der Waals surface area contributed by atoms with E-state index in [0.717, 1.165) is 33.4 Å². The molecule has 0 saturated heterocycles. The van der Waals surface area contributed by atoms with Crippen molar-refractivity contribution in [3.8, 4) is 11.1 Å². The Kier molecular flexibility index (Phi) is 5.20. The van der Waals surface area contributed by atoms with E-state index in [4.69, 9.17) is 0 Å². The summed E-state index contributed by atoms with van der Waals surface area (Å²) < 4.78 is 28.0. The lowest BCUT2D eigenvalue weighted by Crippen LogP contribution is -2.24. The van der Waals surface area contributed by atoms with Gasteiger partial charge in [-0.05, 0) is 72.4 Å². The molecule has 0 spiro atoms. The third kappa shape index (κ3) is 3.84. The lowest BCUT2D eigenvalue weighted by molar-refractivity contribution is 0.580. The van der Waals surface area contributed by atoms with Crippen molar-refractivity contribution in [3.05, 3.63) is 83.2 Å². The largest absolute Gasteiger partial charge is 0.264 e. The van der Waals surface area contributed by atoms with E-state index in [2.05, 4.69) is 9.71 Å². The Bertz CT molecular complexity index is 1040. The Morgan fingerprint density at radius 1 is 0.962 bits per heavy atom. The van der Waals surface area contributed by atoms with Crippen molar-refractivity contribution in [1.82, 2.24) is 9.71 Å². The van der Waals surface area contributed by atoms with Crippen LogP contribution in [0.5, 0.6) is 0 Å². The Morgan fingerprint density at radius 2 is 1.73 bits per heavy atom. The minimum absolute atomic E-state index is 0.244. The highest BCUT2D eigenvalue weighted by Gasteiger charge is 2.17. The summed E-state index contributed by atoms with van der Waals surface area (Å²) in [6, 6.07) is 15.2. The quantitative estimate of drug-likeness (QED) is 0.738. The number of hydrogen-bond donors (Lipinski definition) is 1. The first-order valence-corrected chi connectivity index (χ1v) is 9.92. The van der Waals surface area contributed by atoms with Gasteiger partial charge in [0.25, 0.3) is 0 Å². The molecule has 134 valence electrons. The molecule has 2 aromatic carbocycles. The van der Waals surface area contributed by atoms with E-state index in [9.17, 15) is 8.42 Å². The summed E-state index contributed by atoms with van der Waals surface area (Å²) in [6.07, 6.45) is 3.59. The molecule has 0 radical (unpaired) electrons. The SMILES string of the molecule is Cc1cnccc1-c1cccc(CNS(=O)(=O)c2cccc(C)c2C)c1. The van der Waals surface area contributed by atoms with Crippen LogP contribution >= 0.6 is 0 Å². The number of aryl methyl sites for hydroxylation is 2. The summed E-state index contributed by atoms with van der Waals surface area (Å²) in [5, 5.41) is 0. The maximum Gasteiger partial charge on any atom is 0.241 e. The fourth-order valence-corrected chi connectivity index (χ4v) is 4.25. The highest BCUT2D eigenvalue weighted by molar-refractivity contribution is 7.89. The van der Waals surface area contributed by atoms with Gasteiger partial charge in [-0.2, -0.15) is 0 Å². The van der Waals surface area contributed by atoms with Gasteiger partial charge in [-0.25, -0.2) is 13.1 Å². The van der Waals surface area contributed by atoms with E-state index >= 15 is 0 Å². The van der Waals surface area contributed by atoms with Crippen molar-refractivity contribution in [2.75, 3.05) is 0 Å².